The van der Waals surface area contributed by atoms with Gasteiger partial charge in [0.05, 0.1) is 13.5 Å². The monoisotopic (exact) mass is 314 g/mol. The highest BCUT2D eigenvalue weighted by atomic mass is 79.9. The molecule has 0 amide bonds. The fourth-order valence-electron chi connectivity index (χ4n) is 2.51. The number of carboxylic acid groups (broad SMARTS) is 1. The summed E-state index contributed by atoms with van der Waals surface area (Å²) in [6.07, 6.45) is 1.69. The molecule has 1 aliphatic carbocycles. The Morgan fingerprint density at radius 1 is 1.56 bits per heavy atom. The molecule has 0 spiro atoms. The third-order valence-electron chi connectivity index (χ3n) is 3.53. The molecule has 0 unspecified atom stereocenters. The summed E-state index contributed by atoms with van der Waals surface area (Å²) in [6.45, 7) is 1.91. The molecular weight excluding hydrogens is 300 g/mol. The largest absolute Gasteiger partial charge is 0.504 e. The Labute approximate surface area is 114 Å². The van der Waals surface area contributed by atoms with Crippen molar-refractivity contribution >= 4 is 21.9 Å². The van der Waals surface area contributed by atoms with Crippen LogP contribution in [0, 0.1) is 6.92 Å². The molecule has 1 saturated carbocycles. The summed E-state index contributed by atoms with van der Waals surface area (Å²) in [5.74, 6) is -0.385. The van der Waals surface area contributed by atoms with E-state index >= 15 is 0 Å². The van der Waals surface area contributed by atoms with Crippen molar-refractivity contribution in [3.63, 3.8) is 0 Å². The zero-order valence-electron chi connectivity index (χ0n) is 10.3. The number of hydrogen-bond acceptors (Lipinski definition) is 3. The van der Waals surface area contributed by atoms with Gasteiger partial charge in [-0.1, -0.05) is 15.9 Å². The zero-order chi connectivity index (χ0) is 13.5. The summed E-state index contributed by atoms with van der Waals surface area (Å²) in [5, 5.41) is 18.9. The van der Waals surface area contributed by atoms with Gasteiger partial charge in [-0.15, -0.1) is 0 Å². The zero-order valence-corrected chi connectivity index (χ0v) is 11.9. The lowest BCUT2D eigenvalue weighted by Gasteiger charge is -2.21. The molecule has 2 rings (SSSR count). The van der Waals surface area contributed by atoms with Crippen molar-refractivity contribution in [2.45, 2.75) is 31.6 Å². The van der Waals surface area contributed by atoms with Gasteiger partial charge < -0.3 is 14.9 Å². The number of rotatable bonds is 4. The van der Waals surface area contributed by atoms with Crippen LogP contribution in [0.1, 0.15) is 30.4 Å². The van der Waals surface area contributed by atoms with Crippen LogP contribution < -0.4 is 4.74 Å². The molecule has 1 aromatic carbocycles. The number of carboxylic acids is 1. The van der Waals surface area contributed by atoms with Gasteiger partial charge in [0.1, 0.15) is 0 Å². The predicted molar refractivity (Wildman–Crippen MR) is 70.3 cm³/mol. The van der Waals surface area contributed by atoms with Crippen LogP contribution in [-0.4, -0.2) is 23.3 Å². The quantitative estimate of drug-likeness (QED) is 0.896. The van der Waals surface area contributed by atoms with Gasteiger partial charge >= 0.3 is 5.97 Å². The Bertz CT molecular complexity index is 506. The maximum absolute atomic E-state index is 11.0. The normalized spacial score (nSPS) is 16.4. The molecule has 1 aliphatic rings. The third kappa shape index (κ3) is 2.07. The van der Waals surface area contributed by atoms with Gasteiger partial charge in [0.25, 0.3) is 0 Å². The van der Waals surface area contributed by atoms with Crippen LogP contribution in [0.2, 0.25) is 0 Å². The molecular formula is C13H15BrO4. The van der Waals surface area contributed by atoms with Crippen molar-refractivity contribution in [2.75, 3.05) is 7.11 Å². The Hall–Kier alpha value is -1.23. The SMILES string of the molecule is COc1c(O)cc(Br)c(C)c1C1(CC(=O)O)CC1. The van der Waals surface area contributed by atoms with Crippen LogP contribution in [0.25, 0.3) is 0 Å². The topological polar surface area (TPSA) is 66.8 Å². The number of benzene rings is 1. The van der Waals surface area contributed by atoms with Crippen molar-refractivity contribution in [2.24, 2.45) is 0 Å². The molecule has 4 nitrogen and oxygen atoms in total. The van der Waals surface area contributed by atoms with Crippen LogP contribution in [0.4, 0.5) is 0 Å². The number of carbonyl (C=O) groups is 1. The molecule has 18 heavy (non-hydrogen) atoms. The number of halogens is 1. The highest BCUT2D eigenvalue weighted by molar-refractivity contribution is 9.10. The fraction of sp³-hybridized carbons (Fsp3) is 0.462. The van der Waals surface area contributed by atoms with Gasteiger partial charge in [0, 0.05) is 15.5 Å². The molecule has 0 aromatic heterocycles. The van der Waals surface area contributed by atoms with Gasteiger partial charge in [-0.25, -0.2) is 0 Å². The molecule has 0 heterocycles. The Kier molecular flexibility index (Phi) is 3.27. The van der Waals surface area contributed by atoms with Gasteiger partial charge in [0.15, 0.2) is 11.5 Å². The maximum atomic E-state index is 11.0. The summed E-state index contributed by atoms with van der Waals surface area (Å²) in [7, 11) is 1.49. The number of aliphatic carboxylic acids is 1. The third-order valence-corrected chi connectivity index (χ3v) is 4.36. The van der Waals surface area contributed by atoms with Crippen LogP contribution >= 0.6 is 15.9 Å². The Balaban J connectivity index is 2.59. The van der Waals surface area contributed by atoms with E-state index in [9.17, 15) is 9.90 Å². The predicted octanol–water partition coefficient (Wildman–Crippen LogP) is 2.98. The number of methoxy groups -OCH3 is 1. The first kappa shape index (κ1) is 13.2. The smallest absolute Gasteiger partial charge is 0.304 e. The first-order valence-corrected chi connectivity index (χ1v) is 6.49. The molecule has 0 atom stereocenters. The maximum Gasteiger partial charge on any atom is 0.304 e. The number of aromatic hydroxyl groups is 1. The molecule has 98 valence electrons. The molecule has 0 saturated heterocycles. The van der Waals surface area contributed by atoms with E-state index in [1.54, 1.807) is 6.07 Å². The highest BCUT2D eigenvalue weighted by Gasteiger charge is 2.49. The highest BCUT2D eigenvalue weighted by Crippen LogP contribution is 2.57. The minimum atomic E-state index is -0.826. The van der Waals surface area contributed by atoms with Crippen molar-refractivity contribution in [3.8, 4) is 11.5 Å². The van der Waals surface area contributed by atoms with Crippen molar-refractivity contribution in [1.82, 2.24) is 0 Å². The average Bonchev–Trinajstić information content (AvgIpc) is 3.02. The lowest BCUT2D eigenvalue weighted by molar-refractivity contribution is -0.137. The van der Waals surface area contributed by atoms with E-state index < -0.39 is 5.97 Å². The van der Waals surface area contributed by atoms with E-state index in [0.29, 0.717) is 5.75 Å². The molecule has 1 aromatic rings. The molecule has 1 fully saturated rings. The lowest BCUT2D eigenvalue weighted by Crippen LogP contribution is -2.16. The first-order chi connectivity index (χ1) is 8.41. The first-order valence-electron chi connectivity index (χ1n) is 5.69. The molecule has 0 radical (unpaired) electrons. The minimum absolute atomic E-state index is 0.0432. The fourth-order valence-corrected chi connectivity index (χ4v) is 2.93. The summed E-state index contributed by atoms with van der Waals surface area (Å²) in [6, 6.07) is 1.58. The minimum Gasteiger partial charge on any atom is -0.504 e. The summed E-state index contributed by atoms with van der Waals surface area (Å²) in [5.41, 5.74) is 1.37. The number of phenols is 1. The second kappa shape index (κ2) is 4.46. The van der Waals surface area contributed by atoms with Crippen LogP contribution in [-0.2, 0) is 10.2 Å². The summed E-state index contributed by atoms with van der Waals surface area (Å²) in [4.78, 5) is 11.0. The van der Waals surface area contributed by atoms with E-state index in [4.69, 9.17) is 9.84 Å². The summed E-state index contributed by atoms with van der Waals surface area (Å²) >= 11 is 3.38. The van der Waals surface area contributed by atoms with E-state index in [1.807, 2.05) is 6.92 Å². The van der Waals surface area contributed by atoms with Gasteiger partial charge in [0.2, 0.25) is 0 Å². The van der Waals surface area contributed by atoms with Gasteiger partial charge in [-0.3, -0.25) is 4.79 Å². The van der Waals surface area contributed by atoms with Crippen LogP contribution in [0.5, 0.6) is 11.5 Å². The molecule has 5 heteroatoms. The molecule has 0 bridgehead atoms. The standard InChI is InChI=1S/C13H15BrO4/c1-7-8(14)5-9(15)12(18-2)11(7)13(3-4-13)6-10(16)17/h5,15H,3-4,6H2,1-2H3,(H,16,17). The second-order valence-corrected chi connectivity index (χ2v) is 5.62. The molecule has 0 aliphatic heterocycles. The molecule has 2 N–H and O–H groups in total. The average molecular weight is 315 g/mol. The van der Waals surface area contributed by atoms with Crippen molar-refractivity contribution in [1.29, 1.82) is 0 Å². The van der Waals surface area contributed by atoms with E-state index in [-0.39, 0.29) is 17.6 Å². The van der Waals surface area contributed by atoms with Crippen LogP contribution in [0.3, 0.4) is 0 Å². The van der Waals surface area contributed by atoms with Gasteiger partial charge in [-0.2, -0.15) is 0 Å². The second-order valence-electron chi connectivity index (χ2n) is 4.76. The lowest BCUT2D eigenvalue weighted by atomic mass is 9.88. The number of ether oxygens (including phenoxy) is 1. The summed E-state index contributed by atoms with van der Waals surface area (Å²) < 4.78 is 6.03. The number of phenolic OH excluding ortho intramolecular Hbond substituents is 1. The van der Waals surface area contributed by atoms with Crippen molar-refractivity contribution in [3.05, 3.63) is 21.7 Å². The van der Waals surface area contributed by atoms with Crippen molar-refractivity contribution < 1.29 is 19.7 Å². The Morgan fingerprint density at radius 2 is 2.17 bits per heavy atom. The van der Waals surface area contributed by atoms with E-state index in [1.165, 1.54) is 7.11 Å². The van der Waals surface area contributed by atoms with E-state index in [2.05, 4.69) is 15.9 Å². The van der Waals surface area contributed by atoms with Gasteiger partial charge in [-0.05, 0) is 31.4 Å². The Morgan fingerprint density at radius 3 is 2.61 bits per heavy atom. The number of hydrogen-bond donors (Lipinski definition) is 2. The van der Waals surface area contributed by atoms with Crippen LogP contribution in [0.15, 0.2) is 10.5 Å². The van der Waals surface area contributed by atoms with E-state index in [0.717, 1.165) is 28.4 Å².